The lowest BCUT2D eigenvalue weighted by Gasteiger charge is -2.20. The molecule has 0 unspecified atom stereocenters. The molecule has 1 aromatic rings. The summed E-state index contributed by atoms with van der Waals surface area (Å²) < 4.78 is 13.2. The van der Waals surface area contributed by atoms with Crippen LogP contribution in [0, 0.1) is 5.82 Å². The van der Waals surface area contributed by atoms with E-state index < -0.39 is 11.7 Å². The Morgan fingerprint density at radius 3 is 2.78 bits per heavy atom. The molecule has 5 heteroatoms. The van der Waals surface area contributed by atoms with E-state index in [1.165, 1.54) is 12.1 Å². The van der Waals surface area contributed by atoms with E-state index in [9.17, 15) is 9.18 Å². The number of nitrogens with zero attached hydrogens (tertiary/aromatic N) is 1. The van der Waals surface area contributed by atoms with Crippen LogP contribution >= 0.6 is 0 Å². The number of rotatable bonds is 7. The smallest absolute Gasteiger partial charge is 0.231 e. The fourth-order valence-corrected chi connectivity index (χ4v) is 1.72. The van der Waals surface area contributed by atoms with Crippen LogP contribution in [0.4, 0.5) is 4.39 Å². The van der Waals surface area contributed by atoms with Crippen LogP contribution in [0.5, 0.6) is 5.75 Å². The van der Waals surface area contributed by atoms with Crippen LogP contribution < -0.4 is 5.73 Å². The fourth-order valence-electron chi connectivity index (χ4n) is 1.72. The third kappa shape index (κ3) is 4.71. The predicted molar refractivity (Wildman–Crippen MR) is 67.4 cm³/mol. The number of hydrogen-bond donors (Lipinski definition) is 2. The van der Waals surface area contributed by atoms with Crippen LogP contribution in [-0.2, 0) is 11.3 Å². The molecule has 3 N–H and O–H groups in total. The minimum Gasteiger partial charge on any atom is -0.505 e. The first-order valence-corrected chi connectivity index (χ1v) is 6.01. The Labute approximate surface area is 106 Å². The molecular weight excluding hydrogens is 235 g/mol. The summed E-state index contributed by atoms with van der Waals surface area (Å²) in [5.74, 6) is -1.42. The van der Waals surface area contributed by atoms with E-state index in [4.69, 9.17) is 10.8 Å². The molecule has 0 fully saturated rings. The molecule has 0 aliphatic heterocycles. The first-order chi connectivity index (χ1) is 8.52. The average Bonchev–Trinajstić information content (AvgIpc) is 2.30. The van der Waals surface area contributed by atoms with Crippen molar-refractivity contribution in [3.8, 4) is 5.75 Å². The van der Waals surface area contributed by atoms with Gasteiger partial charge in [-0.15, -0.1) is 0 Å². The van der Waals surface area contributed by atoms with Gasteiger partial charge in [0.2, 0.25) is 5.91 Å². The number of phenolic OH excluding ortho intramolecular Hbond substituents is 1. The molecule has 0 radical (unpaired) electrons. The van der Waals surface area contributed by atoms with Crippen molar-refractivity contribution < 1.29 is 14.3 Å². The second-order valence-corrected chi connectivity index (χ2v) is 4.32. The number of aromatic hydroxyl groups is 1. The van der Waals surface area contributed by atoms with Crippen molar-refractivity contribution in [3.63, 3.8) is 0 Å². The van der Waals surface area contributed by atoms with Gasteiger partial charge in [-0.3, -0.25) is 9.69 Å². The summed E-state index contributed by atoms with van der Waals surface area (Å²) in [6.45, 7) is 3.40. The average molecular weight is 254 g/mol. The second-order valence-electron chi connectivity index (χ2n) is 4.32. The van der Waals surface area contributed by atoms with Crippen LogP contribution in [0.25, 0.3) is 0 Å². The van der Waals surface area contributed by atoms with Crippen molar-refractivity contribution in [2.45, 2.75) is 26.3 Å². The van der Waals surface area contributed by atoms with Crippen molar-refractivity contribution in [2.24, 2.45) is 5.73 Å². The Morgan fingerprint density at radius 1 is 1.50 bits per heavy atom. The van der Waals surface area contributed by atoms with Crippen LogP contribution in [0.3, 0.4) is 0 Å². The molecule has 100 valence electrons. The monoisotopic (exact) mass is 254 g/mol. The summed E-state index contributed by atoms with van der Waals surface area (Å²) in [7, 11) is 0. The molecule has 0 aliphatic carbocycles. The number of unbranched alkanes of at least 4 members (excludes halogenated alkanes) is 1. The van der Waals surface area contributed by atoms with Gasteiger partial charge >= 0.3 is 0 Å². The summed E-state index contributed by atoms with van der Waals surface area (Å²) in [4.78, 5) is 12.8. The van der Waals surface area contributed by atoms with Gasteiger partial charge in [0.05, 0.1) is 6.54 Å². The first kappa shape index (κ1) is 14.4. The van der Waals surface area contributed by atoms with Gasteiger partial charge in [0.15, 0.2) is 11.6 Å². The van der Waals surface area contributed by atoms with E-state index in [1.54, 1.807) is 6.07 Å². The maximum Gasteiger partial charge on any atom is 0.231 e. The minimum atomic E-state index is -0.651. The number of carbonyl (C=O) groups is 1. The highest BCUT2D eigenvalue weighted by Crippen LogP contribution is 2.17. The SMILES string of the molecule is CCCCN(CC(N)=O)Cc1ccc(O)c(F)c1. The zero-order valence-corrected chi connectivity index (χ0v) is 10.5. The molecule has 18 heavy (non-hydrogen) atoms. The molecule has 0 spiro atoms. The van der Waals surface area contributed by atoms with E-state index >= 15 is 0 Å². The summed E-state index contributed by atoms with van der Waals surface area (Å²) in [5.41, 5.74) is 5.89. The van der Waals surface area contributed by atoms with Crippen molar-refractivity contribution in [1.82, 2.24) is 4.90 Å². The molecular formula is C13H19FN2O2. The van der Waals surface area contributed by atoms with E-state index in [0.29, 0.717) is 12.1 Å². The molecule has 0 atom stereocenters. The molecule has 4 nitrogen and oxygen atoms in total. The molecule has 0 aromatic heterocycles. The molecule has 0 bridgehead atoms. The molecule has 1 rings (SSSR count). The quantitative estimate of drug-likeness (QED) is 0.777. The number of benzene rings is 1. The number of amides is 1. The highest BCUT2D eigenvalue weighted by Gasteiger charge is 2.10. The van der Waals surface area contributed by atoms with E-state index in [2.05, 4.69) is 6.92 Å². The third-order valence-corrected chi connectivity index (χ3v) is 2.63. The summed E-state index contributed by atoms with van der Waals surface area (Å²) in [6.07, 6.45) is 1.97. The fraction of sp³-hybridized carbons (Fsp3) is 0.462. The van der Waals surface area contributed by atoms with Crippen LogP contribution in [-0.4, -0.2) is 29.0 Å². The molecule has 1 aromatic carbocycles. The van der Waals surface area contributed by atoms with E-state index in [0.717, 1.165) is 19.4 Å². The zero-order valence-electron chi connectivity index (χ0n) is 10.5. The summed E-state index contributed by atoms with van der Waals surface area (Å²) in [6, 6.07) is 4.22. The third-order valence-electron chi connectivity index (χ3n) is 2.63. The normalized spacial score (nSPS) is 10.8. The van der Waals surface area contributed by atoms with Gasteiger partial charge < -0.3 is 10.8 Å². The minimum absolute atomic E-state index is 0.155. The summed E-state index contributed by atoms with van der Waals surface area (Å²) >= 11 is 0. The van der Waals surface area contributed by atoms with Crippen molar-refractivity contribution in [1.29, 1.82) is 0 Å². The van der Waals surface area contributed by atoms with Gasteiger partial charge in [-0.1, -0.05) is 19.4 Å². The predicted octanol–water partition coefficient (Wildman–Crippen LogP) is 1.62. The van der Waals surface area contributed by atoms with Gasteiger partial charge in [-0.05, 0) is 30.7 Å². The molecule has 1 amide bonds. The number of nitrogens with two attached hydrogens (primary N) is 1. The van der Waals surface area contributed by atoms with E-state index in [1.807, 2.05) is 4.90 Å². The van der Waals surface area contributed by atoms with Crippen molar-refractivity contribution in [2.75, 3.05) is 13.1 Å². The number of carbonyl (C=O) groups excluding carboxylic acids is 1. The lowest BCUT2D eigenvalue weighted by Crippen LogP contribution is -2.34. The van der Waals surface area contributed by atoms with E-state index in [-0.39, 0.29) is 12.3 Å². The van der Waals surface area contributed by atoms with Crippen molar-refractivity contribution >= 4 is 5.91 Å². The Balaban J connectivity index is 2.68. The lowest BCUT2D eigenvalue weighted by molar-refractivity contribution is -0.119. The Kier molecular flexibility index (Phi) is 5.58. The van der Waals surface area contributed by atoms with Crippen molar-refractivity contribution in [3.05, 3.63) is 29.6 Å². The van der Waals surface area contributed by atoms with Crippen LogP contribution in [0.2, 0.25) is 0 Å². The standard InChI is InChI=1S/C13H19FN2O2/c1-2-3-6-16(9-13(15)18)8-10-4-5-12(17)11(14)7-10/h4-5,7,17H,2-3,6,8-9H2,1H3,(H2,15,18). The number of phenols is 1. The molecule has 0 saturated heterocycles. The van der Waals surface area contributed by atoms with Gasteiger partial charge in [-0.2, -0.15) is 0 Å². The first-order valence-electron chi connectivity index (χ1n) is 6.01. The molecule has 0 heterocycles. The highest BCUT2D eigenvalue weighted by molar-refractivity contribution is 5.75. The second kappa shape index (κ2) is 6.96. The Morgan fingerprint density at radius 2 is 2.22 bits per heavy atom. The number of primary amides is 1. The van der Waals surface area contributed by atoms with Gasteiger partial charge in [0.1, 0.15) is 0 Å². The van der Waals surface area contributed by atoms with Gasteiger partial charge in [0.25, 0.3) is 0 Å². The molecule has 0 aliphatic rings. The Bertz CT molecular complexity index is 410. The highest BCUT2D eigenvalue weighted by atomic mass is 19.1. The maximum atomic E-state index is 13.2. The lowest BCUT2D eigenvalue weighted by atomic mass is 10.2. The number of halogens is 1. The summed E-state index contributed by atoms with van der Waals surface area (Å²) in [5, 5.41) is 9.10. The van der Waals surface area contributed by atoms with Gasteiger partial charge in [-0.25, -0.2) is 4.39 Å². The number of hydrogen-bond acceptors (Lipinski definition) is 3. The molecule has 0 saturated carbocycles. The zero-order chi connectivity index (χ0) is 13.5. The topological polar surface area (TPSA) is 66.6 Å². The van der Waals surface area contributed by atoms with Gasteiger partial charge in [0, 0.05) is 6.54 Å². The largest absolute Gasteiger partial charge is 0.505 e. The van der Waals surface area contributed by atoms with Crippen LogP contribution in [0.1, 0.15) is 25.3 Å². The Hall–Kier alpha value is -1.62. The van der Waals surface area contributed by atoms with Crippen LogP contribution in [0.15, 0.2) is 18.2 Å². The maximum absolute atomic E-state index is 13.2.